The zero-order valence-corrected chi connectivity index (χ0v) is 9.96. The van der Waals surface area contributed by atoms with E-state index in [1.165, 1.54) is 0 Å². The van der Waals surface area contributed by atoms with Crippen molar-refractivity contribution < 1.29 is 24.2 Å². The molecule has 0 saturated carbocycles. The fourth-order valence-corrected chi connectivity index (χ4v) is 1.19. The summed E-state index contributed by atoms with van der Waals surface area (Å²) >= 11 is 0. The Labute approximate surface area is 105 Å². The van der Waals surface area contributed by atoms with Crippen LogP contribution in [0.4, 0.5) is 4.79 Å². The van der Waals surface area contributed by atoms with E-state index in [0.29, 0.717) is 5.75 Å². The first kappa shape index (κ1) is 14.0. The van der Waals surface area contributed by atoms with Gasteiger partial charge in [0.05, 0.1) is 13.2 Å². The largest absolute Gasteiger partial charge is 0.464 e. The molecule has 0 radical (unpaired) electrons. The van der Waals surface area contributed by atoms with E-state index in [1.54, 1.807) is 37.3 Å². The summed E-state index contributed by atoms with van der Waals surface area (Å²) in [5, 5.41) is 11.2. The number of ether oxygens (including phenoxy) is 2. The van der Waals surface area contributed by atoms with Crippen molar-refractivity contribution in [3.8, 4) is 5.75 Å². The Morgan fingerprint density at radius 2 is 2.00 bits per heavy atom. The van der Waals surface area contributed by atoms with Crippen molar-refractivity contribution in [2.45, 2.75) is 13.0 Å². The summed E-state index contributed by atoms with van der Waals surface area (Å²) in [5.41, 5.74) is 0. The quantitative estimate of drug-likeness (QED) is 0.754. The first-order valence-electron chi connectivity index (χ1n) is 5.48. The summed E-state index contributed by atoms with van der Waals surface area (Å²) in [4.78, 5) is 22.7. The van der Waals surface area contributed by atoms with E-state index in [-0.39, 0.29) is 6.61 Å². The molecule has 0 aliphatic carbocycles. The van der Waals surface area contributed by atoms with Gasteiger partial charge in [0.2, 0.25) is 0 Å². The van der Waals surface area contributed by atoms with Crippen molar-refractivity contribution in [2.24, 2.45) is 0 Å². The second-order valence-corrected chi connectivity index (χ2v) is 3.33. The topological polar surface area (TPSA) is 84.9 Å². The predicted molar refractivity (Wildman–Crippen MR) is 63.1 cm³/mol. The maximum atomic E-state index is 11.4. The maximum Gasteiger partial charge on any atom is 0.413 e. The Morgan fingerprint density at radius 3 is 2.56 bits per heavy atom. The van der Waals surface area contributed by atoms with Crippen molar-refractivity contribution in [1.29, 1.82) is 0 Å². The number of nitrogens with one attached hydrogen (secondary N) is 1. The molecule has 0 aliphatic heterocycles. The number of carbonyl (C=O) groups is 2. The van der Waals surface area contributed by atoms with Gasteiger partial charge in [0.25, 0.3) is 0 Å². The van der Waals surface area contributed by atoms with Crippen LogP contribution in [0, 0.1) is 0 Å². The fraction of sp³-hybridized carbons (Fsp3) is 0.333. The van der Waals surface area contributed by atoms with E-state index >= 15 is 0 Å². The Hall–Kier alpha value is -2.08. The van der Waals surface area contributed by atoms with E-state index in [2.05, 4.69) is 10.1 Å². The van der Waals surface area contributed by atoms with Gasteiger partial charge in [-0.2, -0.15) is 0 Å². The molecule has 0 aromatic heterocycles. The molecule has 0 fully saturated rings. The number of aliphatic hydroxyl groups is 1. The first-order valence-corrected chi connectivity index (χ1v) is 5.48. The number of esters is 1. The molecule has 1 aromatic rings. The molecule has 6 heteroatoms. The third-order valence-electron chi connectivity index (χ3n) is 2.00. The third kappa shape index (κ3) is 4.42. The molecule has 1 amide bonds. The SMILES string of the molecule is CCOC(=O)C(CO)NC(=O)Oc1ccccc1. The summed E-state index contributed by atoms with van der Waals surface area (Å²) in [6.07, 6.45) is -0.826. The lowest BCUT2D eigenvalue weighted by Crippen LogP contribution is -2.45. The summed E-state index contributed by atoms with van der Waals surface area (Å²) in [6, 6.07) is 7.26. The van der Waals surface area contributed by atoms with Crippen LogP contribution < -0.4 is 10.1 Å². The molecule has 1 aromatic carbocycles. The van der Waals surface area contributed by atoms with Crippen LogP contribution in [-0.2, 0) is 9.53 Å². The Morgan fingerprint density at radius 1 is 1.33 bits per heavy atom. The highest BCUT2D eigenvalue weighted by Gasteiger charge is 2.21. The standard InChI is InChI=1S/C12H15NO5/c1-2-17-11(15)10(8-14)13-12(16)18-9-6-4-3-5-7-9/h3-7,10,14H,2,8H2,1H3,(H,13,16). The highest BCUT2D eigenvalue weighted by molar-refractivity contribution is 5.82. The van der Waals surface area contributed by atoms with Gasteiger partial charge < -0.3 is 19.9 Å². The van der Waals surface area contributed by atoms with E-state index in [1.807, 2.05) is 0 Å². The molecule has 18 heavy (non-hydrogen) atoms. The normalized spacial score (nSPS) is 11.4. The Balaban J connectivity index is 2.50. The second kappa shape index (κ2) is 7.29. The summed E-state index contributed by atoms with van der Waals surface area (Å²) < 4.78 is 9.58. The van der Waals surface area contributed by atoms with Crippen molar-refractivity contribution in [1.82, 2.24) is 5.32 Å². The lowest BCUT2D eigenvalue weighted by Gasteiger charge is -2.14. The number of hydrogen-bond donors (Lipinski definition) is 2. The van der Waals surface area contributed by atoms with Crippen LogP contribution in [-0.4, -0.2) is 36.4 Å². The average Bonchev–Trinajstić information content (AvgIpc) is 2.37. The van der Waals surface area contributed by atoms with Crippen LogP contribution >= 0.6 is 0 Å². The lowest BCUT2D eigenvalue weighted by atomic mass is 10.3. The number of hydrogen-bond acceptors (Lipinski definition) is 5. The highest BCUT2D eigenvalue weighted by Crippen LogP contribution is 2.08. The number of benzene rings is 1. The maximum absolute atomic E-state index is 11.4. The van der Waals surface area contributed by atoms with Crippen molar-refractivity contribution >= 4 is 12.1 Å². The van der Waals surface area contributed by atoms with E-state index < -0.39 is 24.7 Å². The zero-order chi connectivity index (χ0) is 13.4. The van der Waals surface area contributed by atoms with E-state index in [4.69, 9.17) is 9.84 Å². The van der Waals surface area contributed by atoms with Crippen LogP contribution in [0.3, 0.4) is 0 Å². The Bertz CT molecular complexity index is 393. The van der Waals surface area contributed by atoms with E-state index in [0.717, 1.165) is 0 Å². The summed E-state index contributed by atoms with van der Waals surface area (Å²) in [6.45, 7) is 1.25. The van der Waals surface area contributed by atoms with Crippen molar-refractivity contribution in [3.05, 3.63) is 30.3 Å². The molecule has 2 N–H and O–H groups in total. The molecule has 0 spiro atoms. The lowest BCUT2D eigenvalue weighted by molar-refractivity contribution is -0.146. The number of amides is 1. The minimum Gasteiger partial charge on any atom is -0.464 e. The molecule has 0 aliphatic rings. The van der Waals surface area contributed by atoms with Crippen LogP contribution in [0.25, 0.3) is 0 Å². The molecular formula is C12H15NO5. The second-order valence-electron chi connectivity index (χ2n) is 3.33. The van der Waals surface area contributed by atoms with Gasteiger partial charge in [-0.3, -0.25) is 0 Å². The number of rotatable bonds is 5. The van der Waals surface area contributed by atoms with Gasteiger partial charge >= 0.3 is 12.1 Å². The van der Waals surface area contributed by atoms with Gasteiger partial charge in [-0.15, -0.1) is 0 Å². The number of para-hydroxylation sites is 1. The van der Waals surface area contributed by atoms with Gasteiger partial charge in [0.15, 0.2) is 6.04 Å². The molecular weight excluding hydrogens is 238 g/mol. The molecule has 1 rings (SSSR count). The molecule has 98 valence electrons. The zero-order valence-electron chi connectivity index (χ0n) is 9.96. The Kier molecular flexibility index (Phi) is 5.66. The average molecular weight is 253 g/mol. The minimum atomic E-state index is -1.12. The number of carbonyl (C=O) groups excluding carboxylic acids is 2. The highest BCUT2D eigenvalue weighted by atomic mass is 16.6. The molecule has 1 unspecified atom stereocenters. The third-order valence-corrected chi connectivity index (χ3v) is 2.00. The predicted octanol–water partition coefficient (Wildman–Crippen LogP) is 0.699. The van der Waals surface area contributed by atoms with Crippen LogP contribution in [0.2, 0.25) is 0 Å². The van der Waals surface area contributed by atoms with Gasteiger partial charge in [0.1, 0.15) is 5.75 Å². The first-order chi connectivity index (χ1) is 8.67. The van der Waals surface area contributed by atoms with Gasteiger partial charge in [-0.05, 0) is 19.1 Å². The summed E-state index contributed by atoms with van der Waals surface area (Å²) in [7, 11) is 0. The van der Waals surface area contributed by atoms with Gasteiger partial charge in [0, 0.05) is 0 Å². The van der Waals surface area contributed by atoms with Crippen molar-refractivity contribution in [2.75, 3.05) is 13.2 Å². The van der Waals surface area contributed by atoms with Crippen LogP contribution in [0.5, 0.6) is 5.75 Å². The van der Waals surface area contributed by atoms with Crippen molar-refractivity contribution in [3.63, 3.8) is 0 Å². The molecule has 0 heterocycles. The number of aliphatic hydroxyl groups excluding tert-OH is 1. The van der Waals surface area contributed by atoms with Gasteiger partial charge in [-0.1, -0.05) is 18.2 Å². The van der Waals surface area contributed by atoms with E-state index in [9.17, 15) is 9.59 Å². The molecule has 1 atom stereocenters. The smallest absolute Gasteiger partial charge is 0.413 e. The van der Waals surface area contributed by atoms with Crippen LogP contribution in [0.1, 0.15) is 6.92 Å². The molecule has 0 saturated heterocycles. The van der Waals surface area contributed by atoms with Crippen LogP contribution in [0.15, 0.2) is 30.3 Å². The van der Waals surface area contributed by atoms with Gasteiger partial charge in [-0.25, -0.2) is 9.59 Å². The monoisotopic (exact) mass is 253 g/mol. The summed E-state index contributed by atoms with van der Waals surface area (Å²) in [5.74, 6) is -0.361. The molecule has 0 bridgehead atoms. The fourth-order valence-electron chi connectivity index (χ4n) is 1.19. The molecule has 6 nitrogen and oxygen atoms in total. The minimum absolute atomic E-state index is 0.171.